The molecule has 168 valence electrons. The molecule has 0 bridgehead atoms. The number of rotatable bonds is 6. The highest BCUT2D eigenvalue weighted by Crippen LogP contribution is 2.33. The maximum Gasteiger partial charge on any atom is 0.312 e. The predicted octanol–water partition coefficient (Wildman–Crippen LogP) is 4.26. The molecule has 33 heavy (non-hydrogen) atoms. The van der Waals surface area contributed by atoms with E-state index in [1.807, 2.05) is 30.3 Å². The van der Waals surface area contributed by atoms with Crippen LogP contribution in [-0.4, -0.2) is 46.8 Å². The Morgan fingerprint density at radius 2 is 1.55 bits per heavy atom. The third kappa shape index (κ3) is 4.90. The summed E-state index contributed by atoms with van der Waals surface area (Å²) < 4.78 is 5.53. The molecule has 10 nitrogen and oxygen atoms in total. The topological polar surface area (TPSA) is 119 Å². The van der Waals surface area contributed by atoms with Crippen LogP contribution in [-0.2, 0) is 0 Å². The largest absolute Gasteiger partial charge is 0.450 e. The molecule has 3 aromatic rings. The molecular weight excluding hydrogens is 428 g/mol. The van der Waals surface area contributed by atoms with E-state index in [4.69, 9.17) is 4.74 Å². The number of nitro groups is 2. The zero-order valence-electron chi connectivity index (χ0n) is 17.5. The SMILES string of the molecule is O=C(c1ccc(Oc2cccc([N+](=O)[O-])c2)c([N+](=O)[O-])c1)N1CCN(c2ccccc2)CC1. The number of anilines is 1. The fourth-order valence-corrected chi connectivity index (χ4v) is 3.66. The number of piperazine rings is 1. The molecule has 1 amide bonds. The highest BCUT2D eigenvalue weighted by atomic mass is 16.6. The first-order chi connectivity index (χ1) is 15.9. The van der Waals surface area contributed by atoms with Crippen molar-refractivity contribution in [1.82, 2.24) is 4.90 Å². The Labute approximate surface area is 188 Å². The van der Waals surface area contributed by atoms with Crippen molar-refractivity contribution in [1.29, 1.82) is 0 Å². The fourth-order valence-electron chi connectivity index (χ4n) is 3.66. The molecule has 1 fully saturated rings. The van der Waals surface area contributed by atoms with Crippen LogP contribution in [0.3, 0.4) is 0 Å². The summed E-state index contributed by atoms with van der Waals surface area (Å²) in [7, 11) is 0. The van der Waals surface area contributed by atoms with E-state index in [2.05, 4.69) is 4.90 Å². The average molecular weight is 448 g/mol. The minimum atomic E-state index is -0.642. The predicted molar refractivity (Wildman–Crippen MR) is 121 cm³/mol. The number of amides is 1. The van der Waals surface area contributed by atoms with Gasteiger partial charge in [-0.2, -0.15) is 0 Å². The molecule has 1 aliphatic rings. The number of nitrogens with zero attached hydrogens (tertiary/aromatic N) is 4. The van der Waals surface area contributed by atoms with Crippen LogP contribution in [0.4, 0.5) is 17.1 Å². The Hall–Kier alpha value is -4.47. The van der Waals surface area contributed by atoms with E-state index in [0.29, 0.717) is 26.2 Å². The minimum absolute atomic E-state index is 0.0865. The zero-order chi connectivity index (χ0) is 23.4. The minimum Gasteiger partial charge on any atom is -0.450 e. The quantitative estimate of drug-likeness (QED) is 0.408. The van der Waals surface area contributed by atoms with Crippen LogP contribution in [0.1, 0.15) is 10.4 Å². The van der Waals surface area contributed by atoms with Crippen molar-refractivity contribution in [2.75, 3.05) is 31.1 Å². The van der Waals surface area contributed by atoms with Crippen molar-refractivity contribution in [2.24, 2.45) is 0 Å². The third-order valence-electron chi connectivity index (χ3n) is 5.35. The molecular formula is C23H20N4O6. The van der Waals surface area contributed by atoms with E-state index < -0.39 is 15.5 Å². The van der Waals surface area contributed by atoms with Crippen LogP contribution < -0.4 is 9.64 Å². The van der Waals surface area contributed by atoms with Gasteiger partial charge >= 0.3 is 5.69 Å². The maximum atomic E-state index is 13.0. The molecule has 1 heterocycles. The Morgan fingerprint density at radius 1 is 0.818 bits per heavy atom. The van der Waals surface area contributed by atoms with Crippen LogP contribution >= 0.6 is 0 Å². The molecule has 1 saturated heterocycles. The van der Waals surface area contributed by atoms with Gasteiger partial charge in [-0.05, 0) is 30.3 Å². The number of non-ortho nitro benzene ring substituents is 1. The van der Waals surface area contributed by atoms with Crippen molar-refractivity contribution >= 4 is 23.0 Å². The highest BCUT2D eigenvalue weighted by Gasteiger charge is 2.25. The molecule has 3 aromatic carbocycles. The van der Waals surface area contributed by atoms with E-state index in [0.717, 1.165) is 5.69 Å². The second kappa shape index (κ2) is 9.35. The summed E-state index contributed by atoms with van der Waals surface area (Å²) >= 11 is 0. The molecule has 4 rings (SSSR count). The number of hydrogen-bond acceptors (Lipinski definition) is 7. The van der Waals surface area contributed by atoms with Gasteiger partial charge in [0.25, 0.3) is 11.6 Å². The van der Waals surface area contributed by atoms with E-state index in [-0.39, 0.29) is 28.7 Å². The van der Waals surface area contributed by atoms with Gasteiger partial charge in [0.05, 0.1) is 15.9 Å². The molecule has 0 saturated carbocycles. The first-order valence-corrected chi connectivity index (χ1v) is 10.2. The van der Waals surface area contributed by atoms with Crippen molar-refractivity contribution < 1.29 is 19.4 Å². The molecule has 0 aliphatic carbocycles. The van der Waals surface area contributed by atoms with Gasteiger partial charge in [0.1, 0.15) is 5.75 Å². The van der Waals surface area contributed by atoms with Gasteiger partial charge in [-0.15, -0.1) is 0 Å². The van der Waals surface area contributed by atoms with E-state index in [1.165, 1.54) is 42.5 Å². The summed E-state index contributed by atoms with van der Waals surface area (Å²) in [5.74, 6) is -0.318. The monoisotopic (exact) mass is 448 g/mol. The van der Waals surface area contributed by atoms with E-state index >= 15 is 0 Å². The van der Waals surface area contributed by atoms with E-state index in [1.54, 1.807) is 4.90 Å². The Kier molecular flexibility index (Phi) is 6.16. The number of benzene rings is 3. The molecule has 1 aliphatic heterocycles. The molecule has 0 aromatic heterocycles. The number of carbonyl (C=O) groups is 1. The van der Waals surface area contributed by atoms with Crippen molar-refractivity contribution in [2.45, 2.75) is 0 Å². The van der Waals surface area contributed by atoms with Gasteiger partial charge < -0.3 is 14.5 Å². The summed E-state index contributed by atoms with van der Waals surface area (Å²) in [4.78, 5) is 38.2. The lowest BCUT2D eigenvalue weighted by Crippen LogP contribution is -2.48. The molecule has 0 N–H and O–H groups in total. The molecule has 0 radical (unpaired) electrons. The zero-order valence-corrected chi connectivity index (χ0v) is 17.5. The number of para-hydroxylation sites is 1. The highest BCUT2D eigenvalue weighted by molar-refractivity contribution is 5.95. The molecule has 0 atom stereocenters. The van der Waals surface area contributed by atoms with E-state index in [9.17, 15) is 25.0 Å². The number of ether oxygens (including phenoxy) is 1. The summed E-state index contributed by atoms with van der Waals surface area (Å²) in [5, 5.41) is 22.6. The fraction of sp³-hybridized carbons (Fsp3) is 0.174. The Morgan fingerprint density at radius 3 is 2.21 bits per heavy atom. The lowest BCUT2D eigenvalue weighted by molar-refractivity contribution is -0.386. The maximum absolute atomic E-state index is 13.0. The number of nitro benzene ring substituents is 2. The number of hydrogen-bond donors (Lipinski definition) is 0. The Balaban J connectivity index is 1.49. The van der Waals surface area contributed by atoms with Gasteiger partial charge in [-0.3, -0.25) is 25.0 Å². The van der Waals surface area contributed by atoms with Crippen molar-refractivity contribution in [3.63, 3.8) is 0 Å². The molecule has 10 heteroatoms. The lowest BCUT2D eigenvalue weighted by atomic mass is 10.1. The summed E-state index contributed by atoms with van der Waals surface area (Å²) in [5.41, 5.74) is 0.677. The second-order valence-electron chi connectivity index (χ2n) is 7.41. The second-order valence-corrected chi connectivity index (χ2v) is 7.41. The average Bonchev–Trinajstić information content (AvgIpc) is 2.84. The van der Waals surface area contributed by atoms with Crippen LogP contribution in [0, 0.1) is 20.2 Å². The van der Waals surface area contributed by atoms with Gasteiger partial charge in [0.2, 0.25) is 5.75 Å². The van der Waals surface area contributed by atoms with Crippen molar-refractivity contribution in [3.05, 3.63) is 98.6 Å². The summed E-state index contributed by atoms with van der Waals surface area (Å²) in [6.45, 7) is 2.30. The smallest absolute Gasteiger partial charge is 0.312 e. The van der Waals surface area contributed by atoms with Crippen LogP contribution in [0.2, 0.25) is 0 Å². The first kappa shape index (κ1) is 21.8. The van der Waals surface area contributed by atoms with Crippen LogP contribution in [0.5, 0.6) is 11.5 Å². The van der Waals surface area contributed by atoms with Gasteiger partial charge in [-0.25, -0.2) is 0 Å². The third-order valence-corrected chi connectivity index (χ3v) is 5.35. The normalized spacial score (nSPS) is 13.5. The van der Waals surface area contributed by atoms with Crippen LogP contribution in [0.15, 0.2) is 72.8 Å². The summed E-state index contributed by atoms with van der Waals surface area (Å²) in [6.07, 6.45) is 0. The van der Waals surface area contributed by atoms with Gasteiger partial charge in [-0.1, -0.05) is 24.3 Å². The van der Waals surface area contributed by atoms with Gasteiger partial charge in [0.15, 0.2) is 0 Å². The first-order valence-electron chi connectivity index (χ1n) is 10.2. The Bertz CT molecular complexity index is 1190. The van der Waals surface area contributed by atoms with Crippen molar-refractivity contribution in [3.8, 4) is 11.5 Å². The standard InChI is InChI=1S/C23H20N4O6/c28-23(25-13-11-24(12-14-25)18-5-2-1-3-6-18)17-9-10-22(21(15-17)27(31)32)33-20-8-4-7-19(16-20)26(29)30/h1-10,15-16H,11-14H2. The molecule has 0 unspecified atom stereocenters. The van der Waals surface area contributed by atoms with Gasteiger partial charge in [0, 0.05) is 49.6 Å². The van der Waals surface area contributed by atoms with Crippen LogP contribution in [0.25, 0.3) is 0 Å². The molecule has 0 spiro atoms. The summed E-state index contributed by atoms with van der Waals surface area (Å²) in [6, 6.07) is 19.2. The lowest BCUT2D eigenvalue weighted by Gasteiger charge is -2.36. The number of carbonyl (C=O) groups excluding carboxylic acids is 1.